The van der Waals surface area contributed by atoms with Crippen molar-refractivity contribution >= 4 is 67.9 Å². The molecule has 0 amide bonds. The monoisotopic (exact) mass is 972 g/mol. The third-order valence-corrected chi connectivity index (χ3v) is 19.5. The van der Waals surface area contributed by atoms with Crippen molar-refractivity contribution in [1.82, 2.24) is 0 Å². The maximum absolute atomic E-state index is 2.70. The molecule has 2 nitrogen and oxygen atoms in total. The molecule has 6 aliphatic rings. The minimum atomic E-state index is -0.497. The lowest BCUT2D eigenvalue weighted by atomic mass is 9.35. The molecule has 0 fully saturated rings. The Morgan fingerprint density at radius 3 is 1.47 bits per heavy atom. The highest BCUT2D eigenvalue weighted by atomic mass is 32.1. The quantitative estimate of drug-likeness (QED) is 0.163. The molecule has 4 heteroatoms. The Balaban J connectivity index is 1.04. The van der Waals surface area contributed by atoms with Gasteiger partial charge in [0.05, 0.1) is 16.5 Å². The van der Waals surface area contributed by atoms with Crippen molar-refractivity contribution in [2.75, 3.05) is 9.80 Å². The fourth-order valence-corrected chi connectivity index (χ4v) is 16.9. The molecule has 1 aromatic heterocycles. The first-order valence-electron chi connectivity index (χ1n) is 26.7. The predicted octanol–water partition coefficient (Wildman–Crippen LogP) is 16.3. The molecule has 0 unspecified atom stereocenters. The summed E-state index contributed by atoms with van der Waals surface area (Å²) in [5, 5.41) is 0. The number of fused-ring (bicyclic) bond motifs is 25. The zero-order valence-corrected chi connectivity index (χ0v) is 43.1. The molecular weight excluding hydrogens is 924 g/mol. The molecule has 0 bridgehead atoms. The van der Waals surface area contributed by atoms with Gasteiger partial charge in [-0.15, -0.1) is 11.3 Å². The van der Waals surface area contributed by atoms with Crippen LogP contribution in [0.2, 0.25) is 0 Å². The lowest BCUT2D eigenvalue weighted by Crippen LogP contribution is -2.60. The number of para-hydroxylation sites is 1. The number of benzene rings is 10. The van der Waals surface area contributed by atoms with Gasteiger partial charge in [0.25, 0.3) is 6.71 Å². The van der Waals surface area contributed by atoms with Crippen LogP contribution in [0, 0.1) is 13.8 Å². The van der Waals surface area contributed by atoms with Gasteiger partial charge in [-0.25, -0.2) is 0 Å². The molecule has 0 saturated heterocycles. The summed E-state index contributed by atoms with van der Waals surface area (Å²) in [5.41, 5.74) is 33.3. The summed E-state index contributed by atoms with van der Waals surface area (Å²) in [6, 6.07) is 84.6. The first kappa shape index (κ1) is 42.0. The lowest BCUT2D eigenvalue weighted by Gasteiger charge is -2.44. The number of thiophene rings is 1. The molecule has 75 heavy (non-hydrogen) atoms. The van der Waals surface area contributed by atoms with Crippen molar-refractivity contribution < 1.29 is 0 Å². The minimum Gasteiger partial charge on any atom is -0.311 e. The van der Waals surface area contributed by atoms with Crippen molar-refractivity contribution in [3.05, 3.63) is 279 Å². The molecule has 2 spiro atoms. The van der Waals surface area contributed by atoms with E-state index in [-0.39, 0.29) is 6.71 Å². The van der Waals surface area contributed by atoms with Crippen LogP contribution in [0.3, 0.4) is 0 Å². The Bertz CT molecular complexity index is 4240. The number of nitrogens with zero attached hydrogens (tertiary/aromatic N) is 2. The highest BCUT2D eigenvalue weighted by Gasteiger charge is 2.58. The minimum absolute atomic E-state index is 0.0712. The summed E-state index contributed by atoms with van der Waals surface area (Å²) in [6.45, 7) is 9.12. The first-order valence-corrected chi connectivity index (χ1v) is 27.5. The van der Waals surface area contributed by atoms with E-state index in [0.29, 0.717) is 5.92 Å². The van der Waals surface area contributed by atoms with Crippen molar-refractivity contribution in [2.24, 2.45) is 0 Å². The van der Waals surface area contributed by atoms with Gasteiger partial charge in [-0.1, -0.05) is 195 Å². The van der Waals surface area contributed by atoms with Crippen molar-refractivity contribution in [3.63, 3.8) is 0 Å². The fourth-order valence-electron chi connectivity index (χ4n) is 15.2. The third-order valence-electron chi connectivity index (χ3n) is 18.1. The van der Waals surface area contributed by atoms with E-state index in [1.807, 2.05) is 0 Å². The topological polar surface area (TPSA) is 6.48 Å². The van der Waals surface area contributed by atoms with Gasteiger partial charge in [-0.2, -0.15) is 0 Å². The molecule has 3 heterocycles. The number of hydrogen-bond donors (Lipinski definition) is 0. The van der Waals surface area contributed by atoms with E-state index in [4.69, 9.17) is 0 Å². The van der Waals surface area contributed by atoms with E-state index in [1.165, 1.54) is 149 Å². The van der Waals surface area contributed by atoms with E-state index in [0.717, 1.165) is 5.69 Å². The van der Waals surface area contributed by atoms with Crippen LogP contribution in [0.15, 0.2) is 218 Å². The summed E-state index contributed by atoms with van der Waals surface area (Å²) in [4.78, 5) is 6.72. The molecule has 0 saturated carbocycles. The van der Waals surface area contributed by atoms with Crippen molar-refractivity contribution in [2.45, 2.75) is 44.4 Å². The highest BCUT2D eigenvalue weighted by Crippen LogP contribution is 2.68. The van der Waals surface area contributed by atoms with Crippen LogP contribution in [0.5, 0.6) is 0 Å². The summed E-state index contributed by atoms with van der Waals surface area (Å²) in [5.74, 6) is 0.380. The maximum Gasteiger partial charge on any atom is 0.264 e. The molecule has 2 aliphatic heterocycles. The average molecular weight is 973 g/mol. The molecular formula is C71H49BN2S. The molecule has 352 valence electrons. The third kappa shape index (κ3) is 5.03. The van der Waals surface area contributed by atoms with E-state index in [9.17, 15) is 0 Å². The van der Waals surface area contributed by atoms with Crippen LogP contribution >= 0.6 is 11.3 Å². The van der Waals surface area contributed by atoms with Gasteiger partial charge < -0.3 is 9.80 Å². The van der Waals surface area contributed by atoms with E-state index in [1.54, 1.807) is 0 Å². The van der Waals surface area contributed by atoms with Crippen molar-refractivity contribution in [1.29, 1.82) is 0 Å². The number of aryl methyl sites for hydroxylation is 2. The second kappa shape index (κ2) is 14.7. The number of rotatable bonds is 3. The van der Waals surface area contributed by atoms with Crippen LogP contribution in [-0.2, 0) is 10.8 Å². The average Bonchev–Trinajstić information content (AvgIpc) is 4.41. The largest absolute Gasteiger partial charge is 0.311 e. The van der Waals surface area contributed by atoms with Crippen LogP contribution in [0.4, 0.5) is 34.1 Å². The zero-order valence-electron chi connectivity index (χ0n) is 42.2. The van der Waals surface area contributed by atoms with E-state index >= 15 is 0 Å². The highest BCUT2D eigenvalue weighted by molar-refractivity contribution is 7.30. The molecule has 4 aliphatic carbocycles. The molecule has 17 rings (SSSR count). The Morgan fingerprint density at radius 2 is 0.893 bits per heavy atom. The van der Waals surface area contributed by atoms with E-state index < -0.39 is 10.8 Å². The van der Waals surface area contributed by atoms with Gasteiger partial charge in [-0.05, 0) is 162 Å². The molecule has 0 N–H and O–H groups in total. The second-order valence-electron chi connectivity index (χ2n) is 22.2. The van der Waals surface area contributed by atoms with Crippen LogP contribution in [-0.4, -0.2) is 6.71 Å². The van der Waals surface area contributed by atoms with E-state index in [2.05, 4.69) is 267 Å². The number of hydrogen-bond acceptors (Lipinski definition) is 3. The summed E-state index contributed by atoms with van der Waals surface area (Å²) in [6.07, 6.45) is 0. The summed E-state index contributed by atoms with van der Waals surface area (Å²) < 4.78 is 1.41. The standard InChI is InChI=1S/C71H49BN2S/c1-41(2)44-32-35-52-59(38-44)71(57-28-16-10-22-49(57)50-23-11-17-29-58(50)71)68-65(52)67-69(75-68)72-61-40-60-53(51-24-12-15-27-56(51)70(60)54-25-13-8-20-47(54)48-21-9-14-26-55(48)70)39-62(61)73(45-18-6-5-7-19-45)63-36-43(4)37-64(66(63)72)74(67)46-33-30-42(3)31-34-46/h5-41H,1-4H3. The van der Waals surface area contributed by atoms with Crippen LogP contribution in [0.25, 0.3) is 44.5 Å². The van der Waals surface area contributed by atoms with Crippen LogP contribution < -0.4 is 25.5 Å². The normalized spacial score (nSPS) is 15.2. The Labute approximate surface area is 443 Å². The van der Waals surface area contributed by atoms with Crippen molar-refractivity contribution in [3.8, 4) is 44.5 Å². The van der Waals surface area contributed by atoms with Gasteiger partial charge >= 0.3 is 0 Å². The summed E-state index contributed by atoms with van der Waals surface area (Å²) >= 11 is 2.09. The lowest BCUT2D eigenvalue weighted by molar-refractivity contribution is 0.794. The van der Waals surface area contributed by atoms with Gasteiger partial charge in [0, 0.05) is 43.7 Å². The van der Waals surface area contributed by atoms with Gasteiger partial charge in [-0.3, -0.25) is 0 Å². The molecule has 0 atom stereocenters. The molecule has 10 aromatic carbocycles. The van der Waals surface area contributed by atoms with Crippen LogP contribution in [0.1, 0.15) is 80.3 Å². The predicted molar refractivity (Wildman–Crippen MR) is 315 cm³/mol. The SMILES string of the molecule is Cc1ccc(N2c3cc(C)cc4c3B(c3cc5c(cc3N4c3ccccc3)-c3ccccc3C53c4ccccc4-c4ccccc43)c3sc4c(c32)-c2ccc(C(C)C)cc2C42c3ccccc3-c3ccccc32)cc1. The first-order chi connectivity index (χ1) is 36.9. The molecule has 11 aromatic rings. The Hall–Kier alpha value is -8.44. The second-order valence-corrected chi connectivity index (χ2v) is 23.2. The van der Waals surface area contributed by atoms with Gasteiger partial charge in [0.1, 0.15) is 0 Å². The Kier molecular flexibility index (Phi) is 8.20. The smallest absolute Gasteiger partial charge is 0.264 e. The molecule has 0 radical (unpaired) electrons. The van der Waals surface area contributed by atoms with Gasteiger partial charge in [0.15, 0.2) is 0 Å². The van der Waals surface area contributed by atoms with Gasteiger partial charge in [0.2, 0.25) is 0 Å². The summed E-state index contributed by atoms with van der Waals surface area (Å²) in [7, 11) is 0. The zero-order chi connectivity index (χ0) is 49.6. The fraction of sp³-hybridized carbons (Fsp3) is 0.0986. The number of anilines is 6. The maximum atomic E-state index is 2.70. The Morgan fingerprint density at radius 1 is 0.400 bits per heavy atom.